The zero-order chi connectivity index (χ0) is 13.7. The van der Waals surface area contributed by atoms with Gasteiger partial charge in [0.1, 0.15) is 0 Å². The molecule has 1 fully saturated rings. The Hall–Kier alpha value is -0.870. The highest BCUT2D eigenvalue weighted by atomic mass is 32.1. The van der Waals surface area contributed by atoms with Crippen molar-refractivity contribution < 1.29 is 4.79 Å². The number of amides is 1. The Morgan fingerprint density at radius 2 is 2.42 bits per heavy atom. The van der Waals surface area contributed by atoms with Gasteiger partial charge in [-0.25, -0.2) is 0 Å². The summed E-state index contributed by atoms with van der Waals surface area (Å²) in [5.41, 5.74) is 1.09. The van der Waals surface area contributed by atoms with Crippen molar-refractivity contribution in [2.75, 3.05) is 13.1 Å². The fraction of sp³-hybridized carbons (Fsp3) is 0.667. The smallest absolute Gasteiger partial charge is 0.227 e. The van der Waals surface area contributed by atoms with E-state index >= 15 is 0 Å². The molecule has 3 nitrogen and oxygen atoms in total. The van der Waals surface area contributed by atoms with E-state index < -0.39 is 0 Å². The molecule has 1 aliphatic heterocycles. The molecule has 0 spiro atoms. The number of nitrogens with one attached hydrogen (secondary N) is 2. The van der Waals surface area contributed by atoms with Crippen molar-refractivity contribution in [3.05, 3.63) is 21.9 Å². The first-order valence-electron chi connectivity index (χ1n) is 7.20. The van der Waals surface area contributed by atoms with E-state index in [0.717, 1.165) is 38.8 Å². The van der Waals surface area contributed by atoms with Crippen LogP contribution in [0, 0.1) is 12.3 Å². The van der Waals surface area contributed by atoms with E-state index in [1.165, 1.54) is 10.4 Å². The van der Waals surface area contributed by atoms with Crippen molar-refractivity contribution in [3.8, 4) is 0 Å². The number of piperidine rings is 1. The maximum atomic E-state index is 12.6. The first kappa shape index (κ1) is 14.5. The van der Waals surface area contributed by atoms with Crippen LogP contribution in [0.5, 0.6) is 0 Å². The van der Waals surface area contributed by atoms with Gasteiger partial charge in [-0.2, -0.15) is 0 Å². The molecule has 106 valence electrons. The summed E-state index contributed by atoms with van der Waals surface area (Å²) in [5, 5.41) is 8.62. The molecular weight excluding hydrogens is 256 g/mol. The van der Waals surface area contributed by atoms with Crippen molar-refractivity contribution in [3.63, 3.8) is 0 Å². The molecule has 2 N–H and O–H groups in total. The summed E-state index contributed by atoms with van der Waals surface area (Å²) in [6.07, 6.45) is 4.16. The molecule has 1 unspecified atom stereocenters. The van der Waals surface area contributed by atoms with Gasteiger partial charge >= 0.3 is 0 Å². The van der Waals surface area contributed by atoms with Crippen molar-refractivity contribution in [1.29, 1.82) is 0 Å². The van der Waals surface area contributed by atoms with Crippen molar-refractivity contribution in [2.24, 2.45) is 5.41 Å². The van der Waals surface area contributed by atoms with Gasteiger partial charge in [-0.15, -0.1) is 11.3 Å². The van der Waals surface area contributed by atoms with Gasteiger partial charge in [-0.05, 0) is 49.7 Å². The van der Waals surface area contributed by atoms with Crippen LogP contribution in [0.1, 0.15) is 43.0 Å². The predicted octanol–water partition coefficient (Wildman–Crippen LogP) is 2.84. The van der Waals surface area contributed by atoms with Gasteiger partial charge in [0.15, 0.2) is 0 Å². The summed E-state index contributed by atoms with van der Waals surface area (Å²) in [6, 6.07) is 2.11. The summed E-state index contributed by atoms with van der Waals surface area (Å²) >= 11 is 1.72. The first-order valence-corrected chi connectivity index (χ1v) is 8.08. The summed E-state index contributed by atoms with van der Waals surface area (Å²) in [6.45, 7) is 6.81. The second kappa shape index (κ2) is 6.53. The van der Waals surface area contributed by atoms with E-state index in [1.54, 1.807) is 11.3 Å². The molecule has 0 saturated carbocycles. The highest BCUT2D eigenvalue weighted by Crippen LogP contribution is 2.32. The predicted molar refractivity (Wildman–Crippen MR) is 80.3 cm³/mol. The number of carbonyl (C=O) groups excluding carboxylic acids is 1. The van der Waals surface area contributed by atoms with Gasteiger partial charge in [0.05, 0.1) is 12.0 Å². The maximum Gasteiger partial charge on any atom is 0.227 e. The van der Waals surface area contributed by atoms with Crippen LogP contribution in [0.2, 0.25) is 0 Å². The minimum absolute atomic E-state index is 0.182. The van der Waals surface area contributed by atoms with Crippen LogP contribution in [0.4, 0.5) is 0 Å². The second-order valence-corrected chi connectivity index (χ2v) is 6.52. The number of hydrogen-bond acceptors (Lipinski definition) is 3. The third-order valence-electron chi connectivity index (χ3n) is 4.06. The second-order valence-electron chi connectivity index (χ2n) is 5.52. The molecule has 0 aliphatic carbocycles. The number of aryl methyl sites for hydroxylation is 1. The molecule has 4 heteroatoms. The molecule has 1 aromatic heterocycles. The van der Waals surface area contributed by atoms with Crippen LogP contribution in [0.3, 0.4) is 0 Å². The summed E-state index contributed by atoms with van der Waals surface area (Å²) in [4.78, 5) is 13.8. The topological polar surface area (TPSA) is 41.1 Å². The van der Waals surface area contributed by atoms with E-state index in [2.05, 4.69) is 35.9 Å². The van der Waals surface area contributed by atoms with Crippen LogP contribution < -0.4 is 10.6 Å². The maximum absolute atomic E-state index is 12.6. The monoisotopic (exact) mass is 280 g/mol. The summed E-state index contributed by atoms with van der Waals surface area (Å²) in [5.74, 6) is 0.231. The lowest BCUT2D eigenvalue weighted by molar-refractivity contribution is -0.132. The third kappa shape index (κ3) is 3.37. The lowest BCUT2D eigenvalue weighted by atomic mass is 9.76. The van der Waals surface area contributed by atoms with E-state index in [4.69, 9.17) is 0 Å². The lowest BCUT2D eigenvalue weighted by Gasteiger charge is -2.36. The van der Waals surface area contributed by atoms with Gasteiger partial charge in [0.25, 0.3) is 0 Å². The average molecular weight is 280 g/mol. The van der Waals surface area contributed by atoms with Gasteiger partial charge in [-0.3, -0.25) is 4.79 Å². The fourth-order valence-corrected chi connectivity index (χ4v) is 3.75. The molecule has 1 atom stereocenters. The van der Waals surface area contributed by atoms with Gasteiger partial charge in [0, 0.05) is 11.4 Å². The van der Waals surface area contributed by atoms with E-state index in [-0.39, 0.29) is 11.3 Å². The lowest BCUT2D eigenvalue weighted by Crippen LogP contribution is -2.50. The molecule has 1 aliphatic rings. The molecular formula is C15H24N2OS. The Balaban J connectivity index is 1.97. The Bertz CT molecular complexity index is 416. The first-order chi connectivity index (χ1) is 9.18. The minimum atomic E-state index is -0.182. The van der Waals surface area contributed by atoms with Gasteiger partial charge in [-0.1, -0.05) is 13.3 Å². The average Bonchev–Trinajstić information content (AvgIpc) is 2.83. The molecule has 1 amide bonds. The number of thiophene rings is 1. The van der Waals surface area contributed by atoms with Crippen LogP contribution in [-0.4, -0.2) is 19.0 Å². The minimum Gasteiger partial charge on any atom is -0.351 e. The van der Waals surface area contributed by atoms with Gasteiger partial charge in [0.2, 0.25) is 5.91 Å². The number of rotatable bonds is 5. The van der Waals surface area contributed by atoms with Crippen molar-refractivity contribution >= 4 is 17.2 Å². The standard InChI is InChI=1S/C15H24N2OS/c1-3-6-15(7-4-8-16-11-15)14(18)17-10-13-12(2)5-9-19-13/h5,9,16H,3-4,6-8,10-11H2,1-2H3,(H,17,18). The fourth-order valence-electron chi connectivity index (χ4n) is 2.90. The molecule has 2 rings (SSSR count). The van der Waals surface area contributed by atoms with E-state index in [1.807, 2.05) is 0 Å². The Kier molecular flexibility index (Phi) is 4.99. The van der Waals surface area contributed by atoms with E-state index in [0.29, 0.717) is 6.54 Å². The molecule has 1 aromatic rings. The normalized spacial score (nSPS) is 23.3. The zero-order valence-electron chi connectivity index (χ0n) is 11.9. The molecule has 0 radical (unpaired) electrons. The summed E-state index contributed by atoms with van der Waals surface area (Å²) in [7, 11) is 0. The largest absolute Gasteiger partial charge is 0.351 e. The summed E-state index contributed by atoms with van der Waals surface area (Å²) < 4.78 is 0. The molecule has 2 heterocycles. The zero-order valence-corrected chi connectivity index (χ0v) is 12.7. The third-order valence-corrected chi connectivity index (χ3v) is 5.08. The Morgan fingerprint density at radius 3 is 3.00 bits per heavy atom. The van der Waals surface area contributed by atoms with Crippen LogP contribution in [-0.2, 0) is 11.3 Å². The number of hydrogen-bond donors (Lipinski definition) is 2. The highest BCUT2D eigenvalue weighted by molar-refractivity contribution is 7.10. The van der Waals surface area contributed by atoms with Crippen molar-refractivity contribution in [1.82, 2.24) is 10.6 Å². The quantitative estimate of drug-likeness (QED) is 0.871. The van der Waals surface area contributed by atoms with Gasteiger partial charge < -0.3 is 10.6 Å². The molecule has 1 saturated heterocycles. The van der Waals surface area contributed by atoms with Crippen LogP contribution in [0.25, 0.3) is 0 Å². The Labute approximate surface area is 119 Å². The molecule has 0 aromatic carbocycles. The van der Waals surface area contributed by atoms with Crippen LogP contribution in [0.15, 0.2) is 11.4 Å². The molecule has 19 heavy (non-hydrogen) atoms. The van der Waals surface area contributed by atoms with Crippen LogP contribution >= 0.6 is 11.3 Å². The number of carbonyl (C=O) groups is 1. The highest BCUT2D eigenvalue weighted by Gasteiger charge is 2.38. The molecule has 0 bridgehead atoms. The van der Waals surface area contributed by atoms with E-state index in [9.17, 15) is 4.79 Å². The SMILES string of the molecule is CCCC1(C(=O)NCc2sccc2C)CCCNC1. The van der Waals surface area contributed by atoms with Crippen molar-refractivity contribution in [2.45, 2.75) is 46.1 Å². The Morgan fingerprint density at radius 1 is 1.58 bits per heavy atom.